The number of aliphatic carboxylic acids is 2. The van der Waals surface area contributed by atoms with Gasteiger partial charge in [-0.05, 0) is 0 Å². The molecule has 0 heterocycles. The van der Waals surface area contributed by atoms with E-state index in [1.54, 1.807) is 0 Å². The molecule has 0 amide bonds. The van der Waals surface area contributed by atoms with Crippen molar-refractivity contribution in [3.63, 3.8) is 0 Å². The molecule has 9 heavy (non-hydrogen) atoms. The van der Waals surface area contributed by atoms with Gasteiger partial charge in [-0.25, -0.2) is 0 Å². The van der Waals surface area contributed by atoms with Crippen molar-refractivity contribution in [1.82, 2.24) is 0 Å². The molecule has 0 unspecified atom stereocenters. The van der Waals surface area contributed by atoms with Crippen LogP contribution in [0.3, 0.4) is 0 Å². The Morgan fingerprint density at radius 1 is 1.56 bits per heavy atom. The molecule has 0 aliphatic rings. The van der Waals surface area contributed by atoms with Gasteiger partial charge < -0.3 is 20.1 Å². The number of carboxylic acids is 2. The van der Waals surface area contributed by atoms with Gasteiger partial charge in [0.05, 0.1) is 12.4 Å². The SMILES string of the molecule is O=C(O)C[C@@H](O)C(=O)[O-]. The maximum atomic E-state index is 9.66. The number of aliphatic hydroxyl groups is 1. The number of carbonyl (C=O) groups is 2. The highest BCUT2D eigenvalue weighted by atomic mass is 16.4. The first-order valence-electron chi connectivity index (χ1n) is 2.14. The van der Waals surface area contributed by atoms with Crippen LogP contribution in [-0.4, -0.2) is 28.3 Å². The summed E-state index contributed by atoms with van der Waals surface area (Å²) >= 11 is 0. The van der Waals surface area contributed by atoms with Gasteiger partial charge in [-0.1, -0.05) is 0 Å². The second-order valence-corrected chi connectivity index (χ2v) is 1.43. The Labute approximate surface area is 50.5 Å². The Hall–Kier alpha value is -1.10. The summed E-state index contributed by atoms with van der Waals surface area (Å²) < 4.78 is 0. The first-order chi connectivity index (χ1) is 4.04. The molecule has 0 fully saturated rings. The van der Waals surface area contributed by atoms with Crippen LogP contribution in [0.4, 0.5) is 0 Å². The van der Waals surface area contributed by atoms with E-state index in [-0.39, 0.29) is 0 Å². The van der Waals surface area contributed by atoms with Gasteiger partial charge >= 0.3 is 5.97 Å². The van der Waals surface area contributed by atoms with Crippen LogP contribution in [0.2, 0.25) is 0 Å². The van der Waals surface area contributed by atoms with Crippen molar-refractivity contribution in [2.75, 3.05) is 0 Å². The molecule has 0 spiro atoms. The maximum Gasteiger partial charge on any atom is 0.306 e. The fraction of sp³-hybridized carbons (Fsp3) is 0.500. The van der Waals surface area contributed by atoms with E-state index in [9.17, 15) is 14.7 Å². The van der Waals surface area contributed by atoms with Crippen molar-refractivity contribution < 1.29 is 24.9 Å². The zero-order valence-electron chi connectivity index (χ0n) is 4.40. The van der Waals surface area contributed by atoms with Crippen molar-refractivity contribution >= 4 is 11.9 Å². The topological polar surface area (TPSA) is 97.7 Å². The Kier molecular flexibility index (Phi) is 2.66. The van der Waals surface area contributed by atoms with Gasteiger partial charge in [0, 0.05) is 0 Å². The van der Waals surface area contributed by atoms with Crippen LogP contribution in [0.5, 0.6) is 0 Å². The lowest BCUT2D eigenvalue weighted by Crippen LogP contribution is -2.36. The predicted octanol–water partition coefficient (Wildman–Crippen LogP) is -2.43. The zero-order valence-corrected chi connectivity index (χ0v) is 4.40. The normalized spacial score (nSPS) is 12.6. The van der Waals surface area contributed by atoms with E-state index < -0.39 is 24.5 Å². The second kappa shape index (κ2) is 3.03. The third-order valence-electron chi connectivity index (χ3n) is 0.640. The van der Waals surface area contributed by atoms with Gasteiger partial charge in [-0.2, -0.15) is 0 Å². The van der Waals surface area contributed by atoms with Gasteiger partial charge in [0.2, 0.25) is 0 Å². The standard InChI is InChI=1S/C4H6O5/c5-2(4(8)9)1-3(6)7/h2,5H,1H2,(H,6,7)(H,8,9)/p-1/t2-/m1/s1. The molecular weight excluding hydrogens is 128 g/mol. The predicted molar refractivity (Wildman–Crippen MR) is 23.3 cm³/mol. The van der Waals surface area contributed by atoms with Crippen LogP contribution in [0, 0.1) is 0 Å². The molecule has 52 valence electrons. The molecule has 5 heteroatoms. The third kappa shape index (κ3) is 3.48. The van der Waals surface area contributed by atoms with E-state index >= 15 is 0 Å². The van der Waals surface area contributed by atoms with E-state index in [0.29, 0.717) is 0 Å². The second-order valence-electron chi connectivity index (χ2n) is 1.43. The molecule has 0 rings (SSSR count). The number of hydrogen-bond acceptors (Lipinski definition) is 4. The van der Waals surface area contributed by atoms with Crippen LogP contribution in [0.15, 0.2) is 0 Å². The average Bonchev–Trinajstić information content (AvgIpc) is 1.63. The third-order valence-corrected chi connectivity index (χ3v) is 0.640. The van der Waals surface area contributed by atoms with Crippen LogP contribution in [0.25, 0.3) is 0 Å². The first-order valence-corrected chi connectivity index (χ1v) is 2.14. The number of carbonyl (C=O) groups excluding carboxylic acids is 1. The van der Waals surface area contributed by atoms with Gasteiger partial charge in [-0.3, -0.25) is 4.79 Å². The minimum Gasteiger partial charge on any atom is -0.547 e. The van der Waals surface area contributed by atoms with Crippen LogP contribution in [-0.2, 0) is 9.59 Å². The van der Waals surface area contributed by atoms with Gasteiger partial charge in [-0.15, -0.1) is 0 Å². The molecule has 0 radical (unpaired) electrons. The summed E-state index contributed by atoms with van der Waals surface area (Å²) in [5.74, 6) is -3.14. The molecule has 0 saturated carbocycles. The van der Waals surface area contributed by atoms with E-state index in [4.69, 9.17) is 10.2 Å². The number of carboxylic acid groups (broad SMARTS) is 2. The zero-order chi connectivity index (χ0) is 7.44. The fourth-order valence-electron chi connectivity index (χ4n) is 0.249. The summed E-state index contributed by atoms with van der Waals surface area (Å²) in [4.78, 5) is 19.3. The Bertz CT molecular complexity index is 129. The smallest absolute Gasteiger partial charge is 0.306 e. The number of aliphatic hydroxyl groups excluding tert-OH is 1. The lowest BCUT2D eigenvalue weighted by Gasteiger charge is -2.06. The summed E-state index contributed by atoms with van der Waals surface area (Å²) in [5, 5.41) is 25.7. The Morgan fingerprint density at radius 3 is 2.11 bits per heavy atom. The van der Waals surface area contributed by atoms with Crippen LogP contribution < -0.4 is 5.11 Å². The molecule has 1 atom stereocenters. The van der Waals surface area contributed by atoms with E-state index in [1.807, 2.05) is 0 Å². The van der Waals surface area contributed by atoms with Crippen LogP contribution >= 0.6 is 0 Å². The largest absolute Gasteiger partial charge is 0.547 e. The van der Waals surface area contributed by atoms with Crippen LogP contribution in [0.1, 0.15) is 6.42 Å². The maximum absolute atomic E-state index is 9.66. The van der Waals surface area contributed by atoms with Crippen molar-refractivity contribution in [1.29, 1.82) is 0 Å². The highest BCUT2D eigenvalue weighted by Crippen LogP contribution is 1.87. The molecule has 0 aliphatic carbocycles. The van der Waals surface area contributed by atoms with E-state index in [1.165, 1.54) is 0 Å². The van der Waals surface area contributed by atoms with Gasteiger partial charge in [0.15, 0.2) is 0 Å². The fourth-order valence-corrected chi connectivity index (χ4v) is 0.249. The minimum atomic E-state index is -1.90. The molecule has 0 aromatic heterocycles. The minimum absolute atomic E-state index is 0.817. The molecule has 0 saturated heterocycles. The van der Waals surface area contributed by atoms with E-state index in [0.717, 1.165) is 0 Å². The van der Waals surface area contributed by atoms with Crippen molar-refractivity contribution in [2.24, 2.45) is 0 Å². The van der Waals surface area contributed by atoms with Crippen molar-refractivity contribution in [3.05, 3.63) is 0 Å². The quantitative estimate of drug-likeness (QED) is 0.446. The first kappa shape index (κ1) is 7.90. The molecule has 5 nitrogen and oxygen atoms in total. The van der Waals surface area contributed by atoms with Crippen molar-refractivity contribution in [3.8, 4) is 0 Å². The van der Waals surface area contributed by atoms with E-state index in [2.05, 4.69) is 0 Å². The number of hydrogen-bond donors (Lipinski definition) is 2. The van der Waals surface area contributed by atoms with Gasteiger partial charge in [0.25, 0.3) is 0 Å². The lowest BCUT2D eigenvalue weighted by molar-refractivity contribution is -0.315. The summed E-state index contributed by atoms with van der Waals surface area (Å²) in [6.45, 7) is 0. The van der Waals surface area contributed by atoms with Crippen molar-refractivity contribution in [2.45, 2.75) is 12.5 Å². The molecule has 2 N–H and O–H groups in total. The molecule has 0 aromatic carbocycles. The Morgan fingerprint density at radius 2 is 2.00 bits per heavy atom. The molecule has 0 bridgehead atoms. The monoisotopic (exact) mass is 133 g/mol. The highest BCUT2D eigenvalue weighted by Gasteiger charge is 2.08. The molecule has 0 aliphatic heterocycles. The summed E-state index contributed by atoms with van der Waals surface area (Å²) in [6, 6.07) is 0. The highest BCUT2D eigenvalue weighted by molar-refractivity contribution is 5.77. The summed E-state index contributed by atoms with van der Waals surface area (Å²) in [5.41, 5.74) is 0. The lowest BCUT2D eigenvalue weighted by atomic mass is 10.3. The van der Waals surface area contributed by atoms with Gasteiger partial charge in [0.1, 0.15) is 6.10 Å². The summed E-state index contributed by atoms with van der Waals surface area (Å²) in [7, 11) is 0. The summed E-state index contributed by atoms with van der Waals surface area (Å²) in [6.07, 6.45) is -2.72. The molecular formula is C4H5O5-. The molecule has 0 aromatic rings. The Balaban J connectivity index is 3.63. The average molecular weight is 133 g/mol. The number of rotatable bonds is 3.